The Morgan fingerprint density at radius 3 is 3.18 bits per heavy atom. The lowest BCUT2D eigenvalue weighted by molar-refractivity contribution is 0.0749. The van der Waals surface area contributed by atoms with Crippen molar-refractivity contribution in [1.29, 1.82) is 0 Å². The molecule has 17 heavy (non-hydrogen) atoms. The molecule has 94 valence electrons. The van der Waals surface area contributed by atoms with E-state index in [0.29, 0.717) is 6.10 Å². The van der Waals surface area contributed by atoms with E-state index < -0.39 is 0 Å². The van der Waals surface area contributed by atoms with Crippen molar-refractivity contribution in [2.45, 2.75) is 25.5 Å². The molecule has 2 rings (SSSR count). The van der Waals surface area contributed by atoms with Crippen LogP contribution in [0.4, 0.5) is 0 Å². The van der Waals surface area contributed by atoms with Gasteiger partial charge in [-0.15, -0.1) is 11.3 Å². The van der Waals surface area contributed by atoms with Crippen LogP contribution in [0.1, 0.15) is 17.7 Å². The van der Waals surface area contributed by atoms with Crippen LogP contribution in [0.5, 0.6) is 0 Å². The van der Waals surface area contributed by atoms with Crippen LogP contribution < -0.4 is 0 Å². The van der Waals surface area contributed by atoms with Gasteiger partial charge in [0.15, 0.2) is 0 Å². The second kappa shape index (κ2) is 7.17. The zero-order valence-corrected chi connectivity index (χ0v) is 11.4. The second-order valence-electron chi connectivity index (χ2n) is 4.27. The van der Waals surface area contributed by atoms with Crippen molar-refractivity contribution in [1.82, 2.24) is 4.90 Å². The van der Waals surface area contributed by atoms with Crippen LogP contribution in [0.15, 0.2) is 29.1 Å². The zero-order valence-electron chi connectivity index (χ0n) is 9.85. The fraction of sp³-hybridized carbons (Fsp3) is 0.538. The summed E-state index contributed by atoms with van der Waals surface area (Å²) < 4.78 is 5.69. The third-order valence-electron chi connectivity index (χ3n) is 2.90. The maximum atomic E-state index is 5.69. The Hall–Kier alpha value is -0.350. The standard InChI is InChI=1S/C13H18ClNOS/c14-6-3-7-15(10-12-4-1-8-16-12)11-13-5-2-9-17-13/h2-3,5-6,9,12H,1,4,7-8,10-11H2/b6-3-. The Morgan fingerprint density at radius 1 is 1.59 bits per heavy atom. The summed E-state index contributed by atoms with van der Waals surface area (Å²) in [6, 6.07) is 4.28. The third kappa shape index (κ3) is 4.43. The van der Waals surface area contributed by atoms with E-state index >= 15 is 0 Å². The maximum Gasteiger partial charge on any atom is 0.0703 e. The summed E-state index contributed by atoms with van der Waals surface area (Å²) in [6.45, 7) is 3.79. The van der Waals surface area contributed by atoms with Gasteiger partial charge in [-0.05, 0) is 24.3 Å². The lowest BCUT2D eigenvalue weighted by Crippen LogP contribution is -2.31. The Kier molecular flexibility index (Phi) is 5.52. The predicted octanol–water partition coefficient (Wildman–Crippen LogP) is 3.48. The number of rotatable bonds is 6. The minimum atomic E-state index is 0.402. The molecule has 4 heteroatoms. The fourth-order valence-corrected chi connectivity index (χ4v) is 2.92. The lowest BCUT2D eigenvalue weighted by Gasteiger charge is -2.23. The highest BCUT2D eigenvalue weighted by molar-refractivity contribution is 7.09. The van der Waals surface area contributed by atoms with Gasteiger partial charge in [-0.25, -0.2) is 0 Å². The van der Waals surface area contributed by atoms with E-state index in [1.807, 2.05) is 6.08 Å². The molecule has 0 aromatic carbocycles. The first-order valence-corrected chi connectivity index (χ1v) is 7.31. The average molecular weight is 272 g/mol. The molecule has 0 N–H and O–H groups in total. The van der Waals surface area contributed by atoms with Crippen molar-refractivity contribution >= 4 is 22.9 Å². The van der Waals surface area contributed by atoms with Gasteiger partial charge >= 0.3 is 0 Å². The highest BCUT2D eigenvalue weighted by Gasteiger charge is 2.18. The second-order valence-corrected chi connectivity index (χ2v) is 5.55. The molecule has 1 aromatic rings. The van der Waals surface area contributed by atoms with Gasteiger partial charge in [0.1, 0.15) is 0 Å². The quantitative estimate of drug-likeness (QED) is 0.785. The van der Waals surface area contributed by atoms with Crippen molar-refractivity contribution in [3.05, 3.63) is 34.0 Å². The average Bonchev–Trinajstić information content (AvgIpc) is 2.99. The van der Waals surface area contributed by atoms with Crippen LogP contribution in [-0.2, 0) is 11.3 Å². The van der Waals surface area contributed by atoms with Crippen molar-refractivity contribution in [3.63, 3.8) is 0 Å². The summed E-state index contributed by atoms with van der Waals surface area (Å²) >= 11 is 7.41. The topological polar surface area (TPSA) is 12.5 Å². The summed E-state index contributed by atoms with van der Waals surface area (Å²) in [6.07, 6.45) is 4.78. The van der Waals surface area contributed by atoms with Gasteiger partial charge in [0.05, 0.1) is 6.10 Å². The highest BCUT2D eigenvalue weighted by atomic mass is 35.5. The molecule has 2 nitrogen and oxygen atoms in total. The molecule has 0 spiro atoms. The SMILES string of the molecule is Cl/C=C\CN(Cc1cccs1)CC1CCCO1. The minimum absolute atomic E-state index is 0.402. The fourth-order valence-electron chi connectivity index (χ4n) is 2.09. The number of halogens is 1. The Balaban J connectivity index is 1.87. The lowest BCUT2D eigenvalue weighted by atomic mass is 10.2. The molecule has 0 amide bonds. The molecule has 1 unspecified atom stereocenters. The highest BCUT2D eigenvalue weighted by Crippen LogP contribution is 2.17. The monoisotopic (exact) mass is 271 g/mol. The van der Waals surface area contributed by atoms with E-state index in [1.165, 1.54) is 17.7 Å². The van der Waals surface area contributed by atoms with Crippen LogP contribution in [0.2, 0.25) is 0 Å². The van der Waals surface area contributed by atoms with E-state index in [4.69, 9.17) is 16.3 Å². The van der Waals surface area contributed by atoms with E-state index in [9.17, 15) is 0 Å². The first-order chi connectivity index (χ1) is 8.38. The largest absolute Gasteiger partial charge is 0.377 e. The van der Waals surface area contributed by atoms with E-state index in [2.05, 4.69) is 22.4 Å². The first kappa shape index (κ1) is 13.1. The summed E-state index contributed by atoms with van der Waals surface area (Å²) in [5, 5.41) is 2.12. The number of nitrogens with zero attached hydrogens (tertiary/aromatic N) is 1. The van der Waals surface area contributed by atoms with Gasteiger partial charge in [-0.1, -0.05) is 23.7 Å². The van der Waals surface area contributed by atoms with Gasteiger partial charge in [0.25, 0.3) is 0 Å². The molecule has 0 radical (unpaired) electrons. The molecule has 2 heterocycles. The number of hydrogen-bond donors (Lipinski definition) is 0. The molecule has 0 saturated carbocycles. The molecule has 0 aliphatic carbocycles. The van der Waals surface area contributed by atoms with Gasteiger partial charge in [-0.3, -0.25) is 4.90 Å². The van der Waals surface area contributed by atoms with Gasteiger partial charge in [0.2, 0.25) is 0 Å². The molecule has 1 saturated heterocycles. The minimum Gasteiger partial charge on any atom is -0.377 e. The van der Waals surface area contributed by atoms with Crippen LogP contribution >= 0.6 is 22.9 Å². The number of ether oxygens (including phenoxy) is 1. The van der Waals surface area contributed by atoms with E-state index in [-0.39, 0.29) is 0 Å². The normalized spacial score (nSPS) is 20.7. The Morgan fingerprint density at radius 2 is 2.53 bits per heavy atom. The van der Waals surface area contributed by atoms with Crippen molar-refractivity contribution < 1.29 is 4.74 Å². The van der Waals surface area contributed by atoms with Crippen LogP contribution in [0.25, 0.3) is 0 Å². The van der Waals surface area contributed by atoms with E-state index in [1.54, 1.807) is 16.9 Å². The maximum absolute atomic E-state index is 5.69. The first-order valence-electron chi connectivity index (χ1n) is 6.00. The molecule has 1 atom stereocenters. The number of thiophene rings is 1. The summed E-state index contributed by atoms with van der Waals surface area (Å²) in [4.78, 5) is 3.78. The van der Waals surface area contributed by atoms with Crippen molar-refractivity contribution in [3.8, 4) is 0 Å². The van der Waals surface area contributed by atoms with Crippen LogP contribution in [-0.4, -0.2) is 30.7 Å². The molecule has 0 bridgehead atoms. The van der Waals surface area contributed by atoms with Crippen molar-refractivity contribution in [2.75, 3.05) is 19.7 Å². The Bertz CT molecular complexity index is 333. The van der Waals surface area contributed by atoms with Gasteiger partial charge in [-0.2, -0.15) is 0 Å². The molecule has 1 aromatic heterocycles. The predicted molar refractivity (Wildman–Crippen MR) is 73.6 cm³/mol. The molecule has 1 aliphatic heterocycles. The molecular weight excluding hydrogens is 254 g/mol. The summed E-state index contributed by atoms with van der Waals surface area (Å²) in [7, 11) is 0. The van der Waals surface area contributed by atoms with Crippen LogP contribution in [0, 0.1) is 0 Å². The molecule has 1 fully saturated rings. The third-order valence-corrected chi connectivity index (χ3v) is 3.94. The zero-order chi connectivity index (χ0) is 11.9. The van der Waals surface area contributed by atoms with E-state index in [0.717, 1.165) is 26.2 Å². The summed E-state index contributed by atoms with van der Waals surface area (Å²) in [5.74, 6) is 0. The Labute approximate surface area is 112 Å². The van der Waals surface area contributed by atoms with Gasteiger partial charge < -0.3 is 4.74 Å². The summed E-state index contributed by atoms with van der Waals surface area (Å²) in [5.41, 5.74) is 1.59. The number of hydrogen-bond acceptors (Lipinski definition) is 3. The smallest absolute Gasteiger partial charge is 0.0703 e. The van der Waals surface area contributed by atoms with Crippen molar-refractivity contribution in [2.24, 2.45) is 0 Å². The van der Waals surface area contributed by atoms with Crippen LogP contribution in [0.3, 0.4) is 0 Å². The van der Waals surface area contributed by atoms with Gasteiger partial charge in [0, 0.05) is 36.7 Å². The molecule has 1 aliphatic rings. The molecular formula is C13H18ClNOS.